The van der Waals surface area contributed by atoms with Crippen LogP contribution in [0, 0.1) is 0 Å². The molecule has 0 aliphatic carbocycles. The number of rotatable bonds is 1. The maximum Gasteiger partial charge on any atom is 0.143 e. The van der Waals surface area contributed by atoms with E-state index >= 15 is 0 Å². The van der Waals surface area contributed by atoms with Crippen LogP contribution < -0.4 is 0 Å². The van der Waals surface area contributed by atoms with Crippen LogP contribution in [0.15, 0.2) is 16.6 Å². The Hall–Kier alpha value is -0.480. The molecule has 1 aliphatic heterocycles. The topological polar surface area (TPSA) is 35.8 Å². The first kappa shape index (κ1) is 5.65. The molecule has 1 aliphatic rings. The van der Waals surface area contributed by atoms with Gasteiger partial charge >= 0.3 is 0 Å². The first-order chi connectivity index (χ1) is 3.93. The van der Waals surface area contributed by atoms with E-state index in [1.165, 1.54) is 16.4 Å². The van der Waals surface area contributed by atoms with Crippen LogP contribution in [0.25, 0.3) is 0 Å². The van der Waals surface area contributed by atoms with Crippen molar-refractivity contribution in [3.05, 3.63) is 11.5 Å². The molecule has 8 heavy (non-hydrogen) atoms. The summed E-state index contributed by atoms with van der Waals surface area (Å²) in [6, 6.07) is 0. The van der Waals surface area contributed by atoms with Crippen molar-refractivity contribution in [2.45, 2.75) is 0 Å². The fourth-order valence-electron chi connectivity index (χ4n) is 0.350. The number of hydrazone groups is 1. The zero-order chi connectivity index (χ0) is 5.82. The molecule has 4 heteroatoms. The van der Waals surface area contributed by atoms with E-state index in [2.05, 4.69) is 5.10 Å². The molecular weight excluding hydrogens is 124 g/mol. The highest BCUT2D eigenvalue weighted by Gasteiger charge is 1.95. The molecule has 0 amide bonds. The molecule has 0 aromatic rings. The van der Waals surface area contributed by atoms with Gasteiger partial charge in [0.25, 0.3) is 0 Å². The molecule has 0 saturated heterocycles. The Bertz CT molecular complexity index is 123. The van der Waals surface area contributed by atoms with E-state index < -0.39 is 0 Å². The lowest BCUT2D eigenvalue weighted by Gasteiger charge is -2.12. The van der Waals surface area contributed by atoms with Crippen LogP contribution in [0.5, 0.6) is 0 Å². The standard InChI is InChI=1S/C4H6N2OS/c7-4-6-5-2-1-3-8-6/h1-3,7H,4H2. The number of nitrogens with zero attached hydrogens (tertiary/aromatic N) is 2. The van der Waals surface area contributed by atoms with E-state index in [0.29, 0.717) is 0 Å². The summed E-state index contributed by atoms with van der Waals surface area (Å²) in [6.07, 6.45) is 3.45. The van der Waals surface area contributed by atoms with E-state index in [9.17, 15) is 0 Å². The van der Waals surface area contributed by atoms with Crippen LogP contribution in [0.4, 0.5) is 0 Å². The minimum absolute atomic E-state index is 0.0362. The van der Waals surface area contributed by atoms with Crippen LogP contribution in [0.1, 0.15) is 0 Å². The smallest absolute Gasteiger partial charge is 0.143 e. The summed E-state index contributed by atoms with van der Waals surface area (Å²) in [4.78, 5) is 0. The molecule has 0 aromatic heterocycles. The minimum Gasteiger partial charge on any atom is -0.374 e. The Kier molecular flexibility index (Phi) is 1.93. The maximum atomic E-state index is 8.45. The van der Waals surface area contributed by atoms with Crippen LogP contribution in [-0.4, -0.2) is 22.5 Å². The van der Waals surface area contributed by atoms with Gasteiger partial charge in [0.2, 0.25) is 0 Å². The van der Waals surface area contributed by atoms with Gasteiger partial charge in [0.15, 0.2) is 0 Å². The minimum atomic E-state index is -0.0362. The summed E-state index contributed by atoms with van der Waals surface area (Å²) in [6.45, 7) is -0.0362. The first-order valence-electron chi connectivity index (χ1n) is 2.18. The highest BCUT2D eigenvalue weighted by molar-refractivity contribution is 7.99. The second-order valence-corrected chi connectivity index (χ2v) is 2.10. The average molecular weight is 130 g/mol. The van der Waals surface area contributed by atoms with Gasteiger partial charge in [-0.3, -0.25) is 0 Å². The van der Waals surface area contributed by atoms with E-state index in [-0.39, 0.29) is 6.73 Å². The lowest BCUT2D eigenvalue weighted by atomic mass is 10.7. The Morgan fingerprint density at radius 3 is 3.00 bits per heavy atom. The van der Waals surface area contributed by atoms with Crippen molar-refractivity contribution in [1.29, 1.82) is 0 Å². The SMILES string of the molecule is OCN1N=CC=CS1. The Labute approximate surface area is 51.8 Å². The number of aliphatic hydroxyl groups is 1. The molecule has 1 rings (SSSR count). The maximum absolute atomic E-state index is 8.45. The molecule has 0 saturated carbocycles. The second-order valence-electron chi connectivity index (χ2n) is 1.19. The third-order valence-electron chi connectivity index (χ3n) is 0.664. The lowest BCUT2D eigenvalue weighted by molar-refractivity contribution is 0.195. The summed E-state index contributed by atoms with van der Waals surface area (Å²) in [7, 11) is 0. The summed E-state index contributed by atoms with van der Waals surface area (Å²) in [5.41, 5.74) is 0. The van der Waals surface area contributed by atoms with E-state index in [1.807, 2.05) is 11.5 Å². The van der Waals surface area contributed by atoms with E-state index in [4.69, 9.17) is 5.11 Å². The Morgan fingerprint density at radius 2 is 2.62 bits per heavy atom. The third kappa shape index (κ3) is 1.24. The van der Waals surface area contributed by atoms with Gasteiger partial charge in [0, 0.05) is 18.2 Å². The molecule has 1 heterocycles. The van der Waals surface area contributed by atoms with Gasteiger partial charge in [-0.1, -0.05) is 0 Å². The summed E-state index contributed by atoms with van der Waals surface area (Å²) >= 11 is 1.37. The van der Waals surface area contributed by atoms with E-state index in [0.717, 1.165) is 0 Å². The Balaban J connectivity index is 2.40. The van der Waals surface area contributed by atoms with Crippen molar-refractivity contribution >= 4 is 18.2 Å². The van der Waals surface area contributed by atoms with Gasteiger partial charge in [-0.25, -0.2) is 4.41 Å². The quantitative estimate of drug-likeness (QED) is 0.522. The second kappa shape index (κ2) is 2.74. The summed E-state index contributed by atoms with van der Waals surface area (Å²) in [5.74, 6) is 0. The zero-order valence-corrected chi connectivity index (χ0v) is 5.01. The number of allylic oxidation sites excluding steroid dienone is 1. The molecule has 0 radical (unpaired) electrons. The third-order valence-corrected chi connectivity index (χ3v) is 1.40. The van der Waals surface area contributed by atoms with Gasteiger partial charge in [-0.2, -0.15) is 5.10 Å². The number of hydrogen-bond donors (Lipinski definition) is 1. The molecular formula is C4H6N2OS. The predicted molar refractivity (Wildman–Crippen MR) is 34.1 cm³/mol. The summed E-state index contributed by atoms with van der Waals surface area (Å²) < 4.78 is 1.47. The van der Waals surface area contributed by atoms with E-state index in [1.54, 1.807) is 6.21 Å². The van der Waals surface area contributed by atoms with Crippen LogP contribution in [-0.2, 0) is 0 Å². The predicted octanol–water partition coefficient (Wildman–Crippen LogP) is 0.400. The molecule has 0 unspecified atom stereocenters. The van der Waals surface area contributed by atoms with Crippen molar-refractivity contribution in [1.82, 2.24) is 4.41 Å². The normalized spacial score (nSPS) is 17.4. The molecule has 44 valence electrons. The molecule has 0 bridgehead atoms. The first-order valence-corrected chi connectivity index (χ1v) is 3.01. The monoisotopic (exact) mass is 130 g/mol. The fourth-order valence-corrected chi connectivity index (χ4v) is 0.807. The van der Waals surface area contributed by atoms with Gasteiger partial charge in [0.1, 0.15) is 6.73 Å². The van der Waals surface area contributed by atoms with Crippen molar-refractivity contribution in [2.24, 2.45) is 5.10 Å². The molecule has 0 spiro atoms. The molecule has 0 fully saturated rings. The fraction of sp³-hybridized carbons (Fsp3) is 0.250. The number of aliphatic hydroxyl groups excluding tert-OH is 1. The van der Waals surface area contributed by atoms with Crippen molar-refractivity contribution in [2.75, 3.05) is 6.73 Å². The largest absolute Gasteiger partial charge is 0.374 e. The number of hydrogen-bond acceptors (Lipinski definition) is 4. The van der Waals surface area contributed by atoms with Crippen molar-refractivity contribution < 1.29 is 5.11 Å². The van der Waals surface area contributed by atoms with Crippen LogP contribution >= 0.6 is 11.9 Å². The highest BCUT2D eigenvalue weighted by Crippen LogP contribution is 2.12. The van der Waals surface area contributed by atoms with Crippen molar-refractivity contribution in [3.63, 3.8) is 0 Å². The van der Waals surface area contributed by atoms with Gasteiger partial charge in [-0.05, 0) is 11.5 Å². The molecule has 0 atom stereocenters. The zero-order valence-electron chi connectivity index (χ0n) is 4.19. The Morgan fingerprint density at radius 1 is 1.75 bits per heavy atom. The van der Waals surface area contributed by atoms with Crippen molar-refractivity contribution in [3.8, 4) is 0 Å². The van der Waals surface area contributed by atoms with Crippen LogP contribution in [0.3, 0.4) is 0 Å². The highest BCUT2D eigenvalue weighted by atomic mass is 32.2. The van der Waals surface area contributed by atoms with Crippen LogP contribution in [0.2, 0.25) is 0 Å². The van der Waals surface area contributed by atoms with Gasteiger partial charge in [-0.15, -0.1) is 0 Å². The molecule has 1 N–H and O–H groups in total. The summed E-state index contributed by atoms with van der Waals surface area (Å²) in [5, 5.41) is 14.1. The average Bonchev–Trinajstić information content (AvgIpc) is 1.90. The molecule has 0 aromatic carbocycles. The van der Waals surface area contributed by atoms with Gasteiger partial charge in [0.05, 0.1) is 0 Å². The lowest BCUT2D eigenvalue weighted by Crippen LogP contribution is -2.09. The molecule has 3 nitrogen and oxygen atoms in total. The van der Waals surface area contributed by atoms with Gasteiger partial charge < -0.3 is 5.11 Å².